The van der Waals surface area contributed by atoms with Crippen LogP contribution in [0.4, 0.5) is 11.4 Å². The topological polar surface area (TPSA) is 29.5 Å². The van der Waals surface area contributed by atoms with Gasteiger partial charge in [-0.2, -0.15) is 0 Å². The van der Waals surface area contributed by atoms with Gasteiger partial charge in [-0.05, 0) is 6.92 Å². The Hall–Kier alpha value is 0.160. The summed E-state index contributed by atoms with van der Waals surface area (Å²) in [6, 6.07) is 0. The maximum Gasteiger partial charge on any atom is 0.307 e. The second-order valence-corrected chi connectivity index (χ2v) is 11.2. The van der Waals surface area contributed by atoms with E-state index in [0.29, 0.717) is 19.6 Å². The Bertz CT molecular complexity index is 729. The van der Waals surface area contributed by atoms with Gasteiger partial charge in [-0.15, -0.1) is 0 Å². The van der Waals surface area contributed by atoms with Crippen LogP contribution in [-0.2, 0) is 9.53 Å². The summed E-state index contributed by atoms with van der Waals surface area (Å²) in [5, 5.41) is 0. The molecule has 0 saturated carbocycles. The van der Waals surface area contributed by atoms with E-state index in [-0.39, 0.29) is 5.97 Å². The molecule has 0 aromatic carbocycles. The maximum atomic E-state index is 11.7. The first kappa shape index (κ1) is 16.0. The first-order valence-electron chi connectivity index (χ1n) is 5.99. The average Bonchev–Trinajstić information content (AvgIpc) is 3.00. The third kappa shape index (κ3) is 3.12. The van der Waals surface area contributed by atoms with E-state index >= 15 is 0 Å². The Labute approximate surface area is 151 Å². The van der Waals surface area contributed by atoms with Gasteiger partial charge in [-0.3, -0.25) is 4.79 Å². The van der Waals surface area contributed by atoms with Gasteiger partial charge < -0.3 is 9.64 Å². The Balaban J connectivity index is 1.96. The highest BCUT2D eigenvalue weighted by molar-refractivity contribution is 8.06. The van der Waals surface area contributed by atoms with E-state index in [4.69, 9.17) is 29.2 Å². The highest BCUT2D eigenvalue weighted by Crippen LogP contribution is 2.56. The summed E-state index contributed by atoms with van der Waals surface area (Å²) >= 11 is 12.7. The van der Waals surface area contributed by atoms with Crippen LogP contribution in [0.5, 0.6) is 0 Å². The number of hydrogen-bond acceptors (Lipinski definition) is 10. The molecule has 0 N–H and O–H groups in total. The second-order valence-electron chi connectivity index (χ2n) is 3.99. The average molecular weight is 412 g/mol. The number of rotatable bonds is 4. The van der Waals surface area contributed by atoms with Gasteiger partial charge in [0.25, 0.3) is 0 Å². The minimum atomic E-state index is -0.187. The SMILES string of the molecule is CCOC(=O)CCN1c2c(ssc2=S)Sc2ssc(=S)c21. The number of esters is 1. The third-order valence-electron chi connectivity index (χ3n) is 2.73. The van der Waals surface area contributed by atoms with Crippen LogP contribution in [0, 0.1) is 7.65 Å². The highest BCUT2D eigenvalue weighted by Gasteiger charge is 2.29. The van der Waals surface area contributed by atoms with E-state index < -0.39 is 0 Å². The normalized spacial score (nSPS) is 12.9. The molecule has 0 bridgehead atoms. The van der Waals surface area contributed by atoms with Crippen molar-refractivity contribution in [3.8, 4) is 0 Å². The molecule has 0 atom stereocenters. The fraction of sp³-hybridized carbons (Fsp3) is 0.364. The molecular formula is C11H9NO2S7. The van der Waals surface area contributed by atoms with Crippen molar-refractivity contribution < 1.29 is 9.53 Å². The molecule has 0 saturated heterocycles. The van der Waals surface area contributed by atoms with Crippen molar-refractivity contribution in [2.24, 2.45) is 0 Å². The van der Waals surface area contributed by atoms with Gasteiger partial charge >= 0.3 is 5.97 Å². The highest BCUT2D eigenvalue weighted by atomic mass is 32.9. The molecule has 0 aliphatic carbocycles. The summed E-state index contributed by atoms with van der Waals surface area (Å²) in [4.78, 5) is 13.8. The minimum Gasteiger partial charge on any atom is -0.466 e. The lowest BCUT2D eigenvalue weighted by Gasteiger charge is -2.27. The lowest BCUT2D eigenvalue weighted by Crippen LogP contribution is -2.23. The molecule has 1 aliphatic heterocycles. The van der Waals surface area contributed by atoms with Crippen molar-refractivity contribution in [2.45, 2.75) is 21.8 Å². The van der Waals surface area contributed by atoms with Crippen molar-refractivity contribution in [2.75, 3.05) is 18.1 Å². The number of carbonyl (C=O) groups is 1. The molecule has 0 unspecified atom stereocenters. The number of fused-ring (bicyclic) bond motifs is 2. The number of anilines is 2. The van der Waals surface area contributed by atoms with Gasteiger partial charge in [0.1, 0.15) is 16.1 Å². The van der Waals surface area contributed by atoms with Gasteiger partial charge in [0.05, 0.1) is 24.4 Å². The second kappa shape index (κ2) is 6.73. The van der Waals surface area contributed by atoms with Crippen LogP contribution in [0.25, 0.3) is 0 Å². The van der Waals surface area contributed by atoms with Crippen molar-refractivity contribution in [1.29, 1.82) is 0 Å². The number of hydrogen-bond donors (Lipinski definition) is 0. The lowest BCUT2D eigenvalue weighted by atomic mass is 10.3. The third-order valence-corrected chi connectivity index (χ3v) is 10.7. The van der Waals surface area contributed by atoms with Crippen LogP contribution >= 0.6 is 77.6 Å². The molecule has 10 heteroatoms. The van der Waals surface area contributed by atoms with Crippen molar-refractivity contribution >= 4 is 94.9 Å². The molecule has 0 amide bonds. The summed E-state index contributed by atoms with van der Waals surface area (Å²) in [6.45, 7) is 2.78. The van der Waals surface area contributed by atoms with E-state index in [9.17, 15) is 4.79 Å². The quantitative estimate of drug-likeness (QED) is 0.351. The van der Waals surface area contributed by atoms with Crippen molar-refractivity contribution in [3.63, 3.8) is 0 Å². The van der Waals surface area contributed by atoms with Crippen LogP contribution < -0.4 is 4.90 Å². The first-order valence-corrected chi connectivity index (χ1v) is 11.9. The molecule has 112 valence electrons. The van der Waals surface area contributed by atoms with Gasteiger partial charge in [0.15, 0.2) is 0 Å². The van der Waals surface area contributed by atoms with E-state index in [1.807, 2.05) is 6.92 Å². The van der Waals surface area contributed by atoms with E-state index in [2.05, 4.69) is 4.90 Å². The predicted octanol–water partition coefficient (Wildman–Crippen LogP) is 5.95. The predicted molar refractivity (Wildman–Crippen MR) is 98.4 cm³/mol. The molecule has 2 aromatic rings. The first-order chi connectivity index (χ1) is 10.1. The molecule has 1 aliphatic rings. The zero-order chi connectivity index (χ0) is 15.0. The Morgan fingerprint density at radius 3 is 2.19 bits per heavy atom. The zero-order valence-electron chi connectivity index (χ0n) is 10.7. The number of nitrogens with zero attached hydrogens (tertiary/aromatic N) is 1. The molecule has 0 spiro atoms. The van der Waals surface area contributed by atoms with Crippen LogP contribution in [-0.4, -0.2) is 19.1 Å². The minimum absolute atomic E-state index is 0.187. The zero-order valence-corrected chi connectivity index (χ0v) is 16.5. The summed E-state index contributed by atoms with van der Waals surface area (Å²) in [5.74, 6) is -0.187. The Morgan fingerprint density at radius 1 is 1.10 bits per heavy atom. The maximum absolute atomic E-state index is 11.7. The molecule has 3 nitrogen and oxygen atoms in total. The smallest absolute Gasteiger partial charge is 0.307 e. The van der Waals surface area contributed by atoms with Gasteiger partial charge in [0.2, 0.25) is 0 Å². The summed E-state index contributed by atoms with van der Waals surface area (Å²) < 4.78 is 9.15. The molecular weight excluding hydrogens is 403 g/mol. The molecule has 0 fully saturated rings. The molecule has 0 radical (unpaired) electrons. The van der Waals surface area contributed by atoms with Gasteiger partial charge in [-0.1, -0.05) is 77.6 Å². The summed E-state index contributed by atoms with van der Waals surface area (Å²) in [7, 11) is 6.59. The molecule has 3 heterocycles. The molecule has 2 aromatic heterocycles. The van der Waals surface area contributed by atoms with E-state index in [1.54, 1.807) is 53.1 Å². The Kier molecular flexibility index (Phi) is 5.14. The fourth-order valence-corrected chi connectivity index (χ4v) is 9.72. The Morgan fingerprint density at radius 2 is 1.67 bits per heavy atom. The van der Waals surface area contributed by atoms with Gasteiger partial charge in [-0.25, -0.2) is 0 Å². The largest absolute Gasteiger partial charge is 0.466 e. The van der Waals surface area contributed by atoms with Crippen LogP contribution in [0.3, 0.4) is 0 Å². The van der Waals surface area contributed by atoms with Crippen molar-refractivity contribution in [1.82, 2.24) is 0 Å². The monoisotopic (exact) mass is 411 g/mol. The van der Waals surface area contributed by atoms with Gasteiger partial charge in [0, 0.05) is 6.54 Å². The van der Waals surface area contributed by atoms with E-state index in [0.717, 1.165) is 19.0 Å². The molecule has 3 rings (SSSR count). The number of ether oxygens (including phenoxy) is 1. The standard InChI is InChI=1S/C11H9NO2S7/c1-2-14-5(13)3-4-12-6-8(15)18-20-10(6)17-11-7(12)9(16)19-21-11/h2-4H2,1H3. The number of carbonyl (C=O) groups excluding carboxylic acids is 1. The van der Waals surface area contributed by atoms with E-state index in [1.165, 1.54) is 8.42 Å². The summed E-state index contributed by atoms with van der Waals surface area (Å²) in [5.41, 5.74) is 2.08. The lowest BCUT2D eigenvalue weighted by molar-refractivity contribution is -0.142. The van der Waals surface area contributed by atoms with Crippen LogP contribution in [0.1, 0.15) is 13.3 Å². The fourth-order valence-electron chi connectivity index (χ4n) is 1.90. The molecule has 21 heavy (non-hydrogen) atoms. The van der Waals surface area contributed by atoms with Crippen LogP contribution in [0.15, 0.2) is 8.42 Å². The summed E-state index contributed by atoms with van der Waals surface area (Å²) in [6.07, 6.45) is 0.335. The van der Waals surface area contributed by atoms with Crippen LogP contribution in [0.2, 0.25) is 0 Å². The van der Waals surface area contributed by atoms with Crippen molar-refractivity contribution in [3.05, 3.63) is 7.65 Å².